The third kappa shape index (κ3) is 4.44. The van der Waals surface area contributed by atoms with Crippen LogP contribution in [0.2, 0.25) is 0 Å². The number of hydrogen-bond donors (Lipinski definition) is 1. The van der Waals surface area contributed by atoms with E-state index in [0.717, 1.165) is 10.5 Å². The highest BCUT2D eigenvalue weighted by atomic mass is 16.2. The van der Waals surface area contributed by atoms with Crippen molar-refractivity contribution in [1.82, 2.24) is 4.90 Å². The lowest BCUT2D eigenvalue weighted by molar-refractivity contribution is -0.112. The predicted octanol–water partition coefficient (Wildman–Crippen LogP) is 3.90. The number of benzene rings is 3. The smallest absolute Gasteiger partial charge is 0.263 e. The van der Waals surface area contributed by atoms with E-state index in [1.54, 1.807) is 36.4 Å². The summed E-state index contributed by atoms with van der Waals surface area (Å²) in [6.45, 7) is -0.0483. The molecule has 5 heteroatoms. The van der Waals surface area contributed by atoms with E-state index < -0.39 is 5.91 Å². The van der Waals surface area contributed by atoms with Gasteiger partial charge in [0.25, 0.3) is 17.7 Å². The topological polar surface area (TPSA) is 66.5 Å². The highest BCUT2D eigenvalue weighted by Gasteiger charge is 2.34. The zero-order valence-corrected chi connectivity index (χ0v) is 16.5. The number of carbonyl (C=O) groups is 3. The molecule has 0 spiro atoms. The normalized spacial score (nSPS) is 12.8. The van der Waals surface area contributed by atoms with Crippen LogP contribution in [-0.2, 0) is 4.79 Å². The van der Waals surface area contributed by atoms with Gasteiger partial charge in [0, 0.05) is 17.8 Å². The van der Waals surface area contributed by atoms with Gasteiger partial charge in [-0.3, -0.25) is 19.3 Å². The van der Waals surface area contributed by atoms with Gasteiger partial charge in [0.15, 0.2) is 0 Å². The fraction of sp³-hybridized carbons (Fsp3) is 0.0385. The first-order valence-corrected chi connectivity index (χ1v) is 9.72. The number of para-hydroxylation sites is 1. The second kappa shape index (κ2) is 8.93. The average molecular weight is 406 g/mol. The molecule has 0 radical (unpaired) electrons. The van der Waals surface area contributed by atoms with Gasteiger partial charge in [0.1, 0.15) is 0 Å². The summed E-state index contributed by atoms with van der Waals surface area (Å²) in [5.74, 6) is 4.67. The Morgan fingerprint density at radius 3 is 1.97 bits per heavy atom. The molecule has 0 aromatic heterocycles. The van der Waals surface area contributed by atoms with Crippen LogP contribution in [0.25, 0.3) is 0 Å². The summed E-state index contributed by atoms with van der Waals surface area (Å²) in [7, 11) is 0. The summed E-state index contributed by atoms with van der Waals surface area (Å²) in [5.41, 5.74) is 2.28. The van der Waals surface area contributed by atoms with Crippen molar-refractivity contribution in [1.29, 1.82) is 0 Å². The Hall–Kier alpha value is -4.43. The van der Waals surface area contributed by atoms with E-state index in [2.05, 4.69) is 17.2 Å². The largest absolute Gasteiger partial charge is 0.321 e. The number of nitrogens with one attached hydrogen (secondary N) is 1. The minimum absolute atomic E-state index is 0.0483. The van der Waals surface area contributed by atoms with Crippen molar-refractivity contribution in [3.8, 4) is 11.8 Å². The van der Waals surface area contributed by atoms with Crippen molar-refractivity contribution in [2.75, 3.05) is 11.9 Å². The molecule has 0 saturated carbocycles. The summed E-state index contributed by atoms with van der Waals surface area (Å²) in [4.78, 5) is 39.2. The number of nitrogens with zero attached hydrogens (tertiary/aromatic N) is 1. The number of amides is 3. The van der Waals surface area contributed by atoms with Crippen LogP contribution in [0.3, 0.4) is 0 Å². The second-order valence-corrected chi connectivity index (χ2v) is 6.82. The van der Waals surface area contributed by atoms with Crippen LogP contribution < -0.4 is 5.32 Å². The molecule has 0 saturated heterocycles. The van der Waals surface area contributed by atoms with Crippen LogP contribution in [0.1, 0.15) is 26.3 Å². The molecular formula is C26H18N2O3. The number of anilines is 1. The number of imide groups is 1. The van der Waals surface area contributed by atoms with Crippen LogP contribution in [-0.4, -0.2) is 29.2 Å². The fourth-order valence-electron chi connectivity index (χ4n) is 3.17. The third-order valence-electron chi connectivity index (χ3n) is 4.75. The predicted molar refractivity (Wildman–Crippen MR) is 118 cm³/mol. The van der Waals surface area contributed by atoms with Crippen molar-refractivity contribution in [3.63, 3.8) is 0 Å². The SMILES string of the molecule is O=C(Nc1ccccc1)/C(C#Cc1ccccc1)=C/CN1C(=O)c2ccccc2C1=O. The Bertz CT molecular complexity index is 1200. The Morgan fingerprint density at radius 2 is 1.35 bits per heavy atom. The van der Waals surface area contributed by atoms with Crippen molar-refractivity contribution in [2.45, 2.75) is 0 Å². The van der Waals surface area contributed by atoms with Gasteiger partial charge in [-0.15, -0.1) is 0 Å². The Labute approximate surface area is 180 Å². The molecule has 0 atom stereocenters. The molecule has 1 heterocycles. The molecule has 3 amide bonds. The van der Waals surface area contributed by atoms with Crippen LogP contribution in [0.5, 0.6) is 0 Å². The maximum absolute atomic E-state index is 12.8. The van der Waals surface area contributed by atoms with Gasteiger partial charge >= 0.3 is 0 Å². The van der Waals surface area contributed by atoms with E-state index in [-0.39, 0.29) is 23.9 Å². The van der Waals surface area contributed by atoms with Gasteiger partial charge in [-0.25, -0.2) is 0 Å². The van der Waals surface area contributed by atoms with Gasteiger partial charge in [0.05, 0.1) is 16.7 Å². The molecule has 1 aliphatic heterocycles. The lowest BCUT2D eigenvalue weighted by atomic mass is 10.1. The summed E-state index contributed by atoms with van der Waals surface area (Å²) in [5, 5.41) is 2.80. The molecular weight excluding hydrogens is 388 g/mol. The van der Waals surface area contributed by atoms with Crippen molar-refractivity contribution in [3.05, 3.63) is 113 Å². The maximum Gasteiger partial charge on any atom is 0.263 e. The van der Waals surface area contributed by atoms with E-state index in [9.17, 15) is 14.4 Å². The third-order valence-corrected chi connectivity index (χ3v) is 4.75. The average Bonchev–Trinajstić information content (AvgIpc) is 3.05. The molecule has 31 heavy (non-hydrogen) atoms. The van der Waals surface area contributed by atoms with E-state index in [1.807, 2.05) is 48.5 Å². The molecule has 0 aliphatic carbocycles. The fourth-order valence-corrected chi connectivity index (χ4v) is 3.17. The summed E-state index contributed by atoms with van der Waals surface area (Å²) >= 11 is 0. The number of carbonyl (C=O) groups excluding carboxylic acids is 3. The van der Waals surface area contributed by atoms with Gasteiger partial charge < -0.3 is 5.32 Å². The van der Waals surface area contributed by atoms with Gasteiger partial charge in [-0.05, 0) is 42.5 Å². The number of hydrogen-bond acceptors (Lipinski definition) is 3. The van der Waals surface area contributed by atoms with Crippen molar-refractivity contribution in [2.24, 2.45) is 0 Å². The number of rotatable bonds is 4. The van der Waals surface area contributed by atoms with Gasteiger partial charge in [-0.2, -0.15) is 0 Å². The summed E-state index contributed by atoms with van der Waals surface area (Å²) in [6.07, 6.45) is 1.51. The standard InChI is InChI=1S/C26H18N2O3/c29-24(27-21-11-5-2-6-12-21)20(16-15-19-9-3-1-4-10-19)17-18-28-25(30)22-13-7-8-14-23(22)26(28)31/h1-14,17H,18H2,(H,27,29)/b20-17+. The Kier molecular flexibility index (Phi) is 5.72. The first kappa shape index (κ1) is 19.9. The lowest BCUT2D eigenvalue weighted by Gasteiger charge is -2.11. The summed E-state index contributed by atoms with van der Waals surface area (Å²) < 4.78 is 0. The first-order valence-electron chi connectivity index (χ1n) is 9.72. The van der Waals surface area contributed by atoms with Crippen LogP contribution >= 0.6 is 0 Å². The van der Waals surface area contributed by atoms with Crippen molar-refractivity contribution < 1.29 is 14.4 Å². The van der Waals surface area contributed by atoms with Crippen molar-refractivity contribution >= 4 is 23.4 Å². The van der Waals surface area contributed by atoms with E-state index in [4.69, 9.17) is 0 Å². The lowest BCUT2D eigenvalue weighted by Crippen LogP contribution is -2.30. The van der Waals surface area contributed by atoms with Gasteiger partial charge in [-0.1, -0.05) is 60.4 Å². The quantitative estimate of drug-likeness (QED) is 0.406. The molecule has 3 aromatic rings. The molecule has 3 aromatic carbocycles. The molecule has 1 N–H and O–H groups in total. The first-order chi connectivity index (χ1) is 15.1. The molecule has 1 aliphatic rings. The summed E-state index contributed by atoms with van der Waals surface area (Å²) in [6, 6.07) is 25.0. The maximum atomic E-state index is 12.8. The van der Waals surface area contributed by atoms with Crippen LogP contribution in [0.4, 0.5) is 5.69 Å². The van der Waals surface area contributed by atoms with Gasteiger partial charge in [0.2, 0.25) is 0 Å². The van der Waals surface area contributed by atoms with E-state index in [1.165, 1.54) is 6.08 Å². The van der Waals surface area contributed by atoms with Crippen LogP contribution in [0.15, 0.2) is 96.6 Å². The molecule has 0 unspecified atom stereocenters. The minimum atomic E-state index is -0.411. The highest BCUT2D eigenvalue weighted by molar-refractivity contribution is 6.21. The molecule has 5 nitrogen and oxygen atoms in total. The monoisotopic (exact) mass is 406 g/mol. The van der Waals surface area contributed by atoms with E-state index in [0.29, 0.717) is 16.8 Å². The second-order valence-electron chi connectivity index (χ2n) is 6.82. The molecule has 4 rings (SSSR count). The molecule has 150 valence electrons. The zero-order chi connectivity index (χ0) is 21.6. The molecule has 0 bridgehead atoms. The number of fused-ring (bicyclic) bond motifs is 1. The Morgan fingerprint density at radius 1 is 0.806 bits per heavy atom. The van der Waals surface area contributed by atoms with Crippen LogP contribution in [0, 0.1) is 11.8 Å². The highest BCUT2D eigenvalue weighted by Crippen LogP contribution is 2.22. The Balaban J connectivity index is 1.60. The molecule has 0 fully saturated rings. The van der Waals surface area contributed by atoms with E-state index >= 15 is 0 Å². The minimum Gasteiger partial charge on any atom is -0.321 e. The zero-order valence-electron chi connectivity index (χ0n) is 16.5.